The van der Waals surface area contributed by atoms with Crippen LogP contribution in [-0.4, -0.2) is 15.9 Å². The van der Waals surface area contributed by atoms with E-state index in [1.807, 2.05) is 19.2 Å². The van der Waals surface area contributed by atoms with E-state index in [1.54, 1.807) is 12.3 Å². The van der Waals surface area contributed by atoms with Gasteiger partial charge in [-0.1, -0.05) is 0 Å². The maximum Gasteiger partial charge on any atom is 0.259 e. The summed E-state index contributed by atoms with van der Waals surface area (Å²) in [4.78, 5) is 20.2. The lowest BCUT2D eigenvalue weighted by Crippen LogP contribution is -2.12. The predicted molar refractivity (Wildman–Crippen MR) is 71.6 cm³/mol. The third-order valence-electron chi connectivity index (χ3n) is 2.35. The van der Waals surface area contributed by atoms with Crippen LogP contribution in [-0.2, 0) is 0 Å². The van der Waals surface area contributed by atoms with E-state index in [2.05, 4.69) is 15.3 Å². The molecule has 0 aliphatic rings. The summed E-state index contributed by atoms with van der Waals surface area (Å²) in [7, 11) is 0. The summed E-state index contributed by atoms with van der Waals surface area (Å²) in [5, 5.41) is 5.13. The lowest BCUT2D eigenvalue weighted by atomic mass is 10.2. The topological polar surface area (TPSA) is 80.9 Å². The van der Waals surface area contributed by atoms with E-state index >= 15 is 0 Å². The Hall–Kier alpha value is -1.79. The summed E-state index contributed by atoms with van der Waals surface area (Å²) in [6, 6.07) is 1.65. The van der Waals surface area contributed by atoms with Gasteiger partial charge in [-0.25, -0.2) is 4.98 Å². The van der Waals surface area contributed by atoms with Crippen LogP contribution in [0.5, 0.6) is 0 Å². The molecule has 1 unspecified atom stereocenters. The van der Waals surface area contributed by atoms with Gasteiger partial charge in [0.25, 0.3) is 5.91 Å². The lowest BCUT2D eigenvalue weighted by molar-refractivity contribution is 0.102. The molecule has 3 N–H and O–H groups in total. The highest BCUT2D eigenvalue weighted by Crippen LogP contribution is 2.19. The van der Waals surface area contributed by atoms with Crippen LogP contribution in [0, 0.1) is 6.92 Å². The zero-order chi connectivity index (χ0) is 13.1. The highest BCUT2D eigenvalue weighted by atomic mass is 32.1. The Morgan fingerprint density at radius 2 is 2.28 bits per heavy atom. The Labute approximate surface area is 109 Å². The van der Waals surface area contributed by atoms with Gasteiger partial charge < -0.3 is 5.73 Å². The Balaban J connectivity index is 2.11. The van der Waals surface area contributed by atoms with Crippen LogP contribution < -0.4 is 11.1 Å². The number of hydrogen-bond donors (Lipinski definition) is 2. The number of carbonyl (C=O) groups is 1. The van der Waals surface area contributed by atoms with Crippen molar-refractivity contribution in [3.05, 3.63) is 40.7 Å². The van der Waals surface area contributed by atoms with Gasteiger partial charge in [0.2, 0.25) is 0 Å². The molecule has 1 atom stereocenters. The molecule has 2 aromatic rings. The summed E-state index contributed by atoms with van der Waals surface area (Å²) < 4.78 is 0. The third-order valence-corrected chi connectivity index (χ3v) is 3.12. The summed E-state index contributed by atoms with van der Waals surface area (Å²) in [5.74, 6) is -0.211. The van der Waals surface area contributed by atoms with Crippen molar-refractivity contribution >= 4 is 22.4 Å². The van der Waals surface area contributed by atoms with Crippen molar-refractivity contribution in [2.45, 2.75) is 19.9 Å². The normalized spacial score (nSPS) is 12.2. The minimum atomic E-state index is -0.211. The summed E-state index contributed by atoms with van der Waals surface area (Å²) in [6.07, 6.45) is 3.23. The van der Waals surface area contributed by atoms with Crippen molar-refractivity contribution in [2.24, 2.45) is 5.73 Å². The Morgan fingerprint density at radius 3 is 2.89 bits per heavy atom. The second-order valence-corrected chi connectivity index (χ2v) is 4.93. The fraction of sp³-hybridized carbons (Fsp3) is 0.250. The molecule has 2 aromatic heterocycles. The monoisotopic (exact) mass is 262 g/mol. The molecule has 2 rings (SSSR count). The van der Waals surface area contributed by atoms with Gasteiger partial charge in [0.1, 0.15) is 0 Å². The van der Waals surface area contributed by atoms with Crippen molar-refractivity contribution in [1.82, 2.24) is 9.97 Å². The van der Waals surface area contributed by atoms with Gasteiger partial charge in [-0.3, -0.25) is 15.1 Å². The molecule has 0 bridgehead atoms. The van der Waals surface area contributed by atoms with E-state index in [-0.39, 0.29) is 11.9 Å². The van der Waals surface area contributed by atoms with E-state index < -0.39 is 0 Å². The number of thiazole rings is 1. The van der Waals surface area contributed by atoms with Crippen LogP contribution in [0.3, 0.4) is 0 Å². The lowest BCUT2D eigenvalue weighted by Gasteiger charge is -2.02. The van der Waals surface area contributed by atoms with Crippen LogP contribution in [0.25, 0.3) is 0 Å². The molecule has 0 saturated heterocycles. The van der Waals surface area contributed by atoms with Crippen molar-refractivity contribution in [1.29, 1.82) is 0 Å². The second-order valence-electron chi connectivity index (χ2n) is 4.07. The number of rotatable bonds is 3. The van der Waals surface area contributed by atoms with Crippen LogP contribution in [0.1, 0.15) is 34.6 Å². The van der Waals surface area contributed by atoms with Crippen molar-refractivity contribution in [3.63, 3.8) is 0 Å². The van der Waals surface area contributed by atoms with Crippen LogP contribution in [0.2, 0.25) is 0 Å². The van der Waals surface area contributed by atoms with Gasteiger partial charge in [0.15, 0.2) is 5.13 Å². The SMILES string of the molecule is Cc1cncc(C(=O)Nc2nc(C(C)N)cs2)c1. The molecule has 0 spiro atoms. The number of amides is 1. The minimum absolute atomic E-state index is 0.132. The number of aryl methyl sites for hydroxylation is 1. The highest BCUT2D eigenvalue weighted by molar-refractivity contribution is 7.14. The zero-order valence-electron chi connectivity index (χ0n) is 10.2. The van der Waals surface area contributed by atoms with E-state index in [0.717, 1.165) is 11.3 Å². The second kappa shape index (κ2) is 5.24. The predicted octanol–water partition coefficient (Wildman–Crippen LogP) is 2.12. The summed E-state index contributed by atoms with van der Waals surface area (Å²) in [6.45, 7) is 3.74. The van der Waals surface area contributed by atoms with E-state index in [1.165, 1.54) is 17.5 Å². The first-order valence-corrected chi connectivity index (χ1v) is 6.38. The molecule has 94 valence electrons. The Kier molecular flexibility index (Phi) is 3.69. The van der Waals surface area contributed by atoms with E-state index in [0.29, 0.717) is 10.7 Å². The van der Waals surface area contributed by atoms with Crippen LogP contribution in [0.4, 0.5) is 5.13 Å². The molecule has 6 heteroatoms. The molecule has 0 fully saturated rings. The number of nitrogens with one attached hydrogen (secondary N) is 1. The molecule has 18 heavy (non-hydrogen) atoms. The van der Waals surface area contributed by atoms with Gasteiger partial charge in [-0.15, -0.1) is 11.3 Å². The van der Waals surface area contributed by atoms with Crippen molar-refractivity contribution < 1.29 is 4.79 Å². The maximum atomic E-state index is 11.9. The number of aromatic nitrogens is 2. The molecule has 0 aliphatic heterocycles. The average molecular weight is 262 g/mol. The average Bonchev–Trinajstić information content (AvgIpc) is 2.77. The first-order chi connectivity index (χ1) is 8.56. The number of nitrogens with two attached hydrogens (primary N) is 1. The largest absolute Gasteiger partial charge is 0.323 e. The van der Waals surface area contributed by atoms with Crippen LogP contribution in [0.15, 0.2) is 23.8 Å². The van der Waals surface area contributed by atoms with Gasteiger partial charge >= 0.3 is 0 Å². The zero-order valence-corrected chi connectivity index (χ0v) is 11.0. The van der Waals surface area contributed by atoms with Gasteiger partial charge in [0, 0.05) is 23.8 Å². The fourth-order valence-corrected chi connectivity index (χ4v) is 2.21. The Morgan fingerprint density at radius 1 is 1.50 bits per heavy atom. The van der Waals surface area contributed by atoms with Gasteiger partial charge in [-0.05, 0) is 25.5 Å². The number of anilines is 1. The standard InChI is InChI=1S/C12H14N4OS/c1-7-3-9(5-14-4-7)11(17)16-12-15-10(6-18-12)8(2)13/h3-6,8H,13H2,1-2H3,(H,15,16,17). The van der Waals surface area contributed by atoms with Gasteiger partial charge in [-0.2, -0.15) is 0 Å². The first-order valence-electron chi connectivity index (χ1n) is 5.50. The highest BCUT2D eigenvalue weighted by Gasteiger charge is 2.10. The van der Waals surface area contributed by atoms with Crippen molar-refractivity contribution in [3.8, 4) is 0 Å². The molecular weight excluding hydrogens is 248 g/mol. The molecule has 2 heterocycles. The Bertz CT molecular complexity index is 565. The molecule has 0 saturated carbocycles. The fourth-order valence-electron chi connectivity index (χ4n) is 1.40. The molecular formula is C12H14N4OS. The molecule has 0 radical (unpaired) electrons. The minimum Gasteiger partial charge on any atom is -0.323 e. The smallest absolute Gasteiger partial charge is 0.259 e. The van der Waals surface area contributed by atoms with Crippen LogP contribution >= 0.6 is 11.3 Å². The number of pyridine rings is 1. The quantitative estimate of drug-likeness (QED) is 0.887. The van der Waals surface area contributed by atoms with Crippen molar-refractivity contribution in [2.75, 3.05) is 5.32 Å². The molecule has 5 nitrogen and oxygen atoms in total. The molecule has 1 amide bonds. The first kappa shape index (κ1) is 12.7. The van der Waals surface area contributed by atoms with Gasteiger partial charge in [0.05, 0.1) is 11.3 Å². The third kappa shape index (κ3) is 2.91. The summed E-state index contributed by atoms with van der Waals surface area (Å²) >= 11 is 1.36. The molecule has 0 aliphatic carbocycles. The number of nitrogens with zero attached hydrogens (tertiary/aromatic N) is 2. The number of hydrogen-bond acceptors (Lipinski definition) is 5. The van der Waals surface area contributed by atoms with E-state index in [9.17, 15) is 4.79 Å². The summed E-state index contributed by atoms with van der Waals surface area (Å²) in [5.41, 5.74) is 7.95. The number of carbonyl (C=O) groups excluding carboxylic acids is 1. The molecule has 0 aromatic carbocycles. The maximum absolute atomic E-state index is 11.9. The van der Waals surface area contributed by atoms with E-state index in [4.69, 9.17) is 5.73 Å².